The first kappa shape index (κ1) is 16.7. The summed E-state index contributed by atoms with van der Waals surface area (Å²) in [7, 11) is 1.33. The molecular weight excluding hydrogens is 318 g/mol. The molecule has 2 aromatic heterocycles. The van der Waals surface area contributed by atoms with E-state index in [1.165, 1.54) is 7.11 Å². The highest BCUT2D eigenvalue weighted by Gasteiger charge is 2.18. The van der Waals surface area contributed by atoms with Crippen molar-refractivity contribution in [3.8, 4) is 0 Å². The van der Waals surface area contributed by atoms with Crippen LogP contribution in [-0.4, -0.2) is 28.4 Å². The van der Waals surface area contributed by atoms with Crippen LogP contribution in [0.3, 0.4) is 0 Å². The molecule has 1 N–H and O–H groups in total. The van der Waals surface area contributed by atoms with E-state index in [1.54, 1.807) is 28.7 Å². The van der Waals surface area contributed by atoms with E-state index in [1.807, 2.05) is 24.4 Å². The number of esters is 1. The van der Waals surface area contributed by atoms with Gasteiger partial charge in [0.25, 0.3) is 5.91 Å². The molecule has 0 aliphatic rings. The van der Waals surface area contributed by atoms with Crippen molar-refractivity contribution in [2.45, 2.75) is 19.8 Å². The lowest BCUT2D eigenvalue weighted by Crippen LogP contribution is -2.16. The third-order valence-electron chi connectivity index (χ3n) is 3.87. The van der Waals surface area contributed by atoms with Crippen molar-refractivity contribution < 1.29 is 14.3 Å². The normalized spacial score (nSPS) is 10.6. The third kappa shape index (κ3) is 3.38. The predicted octanol–water partition coefficient (Wildman–Crippen LogP) is 3.33. The lowest BCUT2D eigenvalue weighted by atomic mass is 10.2. The number of nitrogens with zero attached hydrogens (tertiary/aromatic N) is 2. The zero-order chi connectivity index (χ0) is 17.8. The number of benzene rings is 1. The minimum atomic E-state index is -0.412. The number of amides is 1. The summed E-state index contributed by atoms with van der Waals surface area (Å²) in [5.41, 5.74) is 3.09. The standard InChI is InChI=1S/C19H19N3O3/c1-3-6-15-17(22-12-5-4-7-16(22)21-15)18(23)20-14-10-8-13(9-11-14)19(24)25-2/h4-5,7-12H,3,6H2,1-2H3,(H,20,23). The fourth-order valence-electron chi connectivity index (χ4n) is 2.69. The molecule has 0 unspecified atom stereocenters. The molecule has 0 aliphatic heterocycles. The molecule has 0 bridgehead atoms. The molecule has 6 nitrogen and oxygen atoms in total. The average molecular weight is 337 g/mol. The molecule has 1 aromatic carbocycles. The minimum absolute atomic E-state index is 0.229. The van der Waals surface area contributed by atoms with E-state index in [9.17, 15) is 9.59 Å². The molecule has 0 saturated carbocycles. The molecule has 3 rings (SSSR count). The largest absolute Gasteiger partial charge is 0.465 e. The summed E-state index contributed by atoms with van der Waals surface area (Å²) in [5.74, 6) is -0.641. The van der Waals surface area contributed by atoms with E-state index >= 15 is 0 Å². The Morgan fingerprint density at radius 3 is 2.60 bits per heavy atom. The van der Waals surface area contributed by atoms with E-state index in [-0.39, 0.29) is 5.91 Å². The highest BCUT2D eigenvalue weighted by atomic mass is 16.5. The van der Waals surface area contributed by atoms with Crippen LogP contribution < -0.4 is 5.32 Å². The summed E-state index contributed by atoms with van der Waals surface area (Å²) >= 11 is 0. The van der Waals surface area contributed by atoms with Crippen LogP contribution in [0.4, 0.5) is 5.69 Å². The smallest absolute Gasteiger partial charge is 0.337 e. The number of hydrogen-bond donors (Lipinski definition) is 1. The molecule has 6 heteroatoms. The van der Waals surface area contributed by atoms with Crippen LogP contribution in [0.15, 0.2) is 48.7 Å². The lowest BCUT2D eigenvalue weighted by Gasteiger charge is -2.07. The first-order valence-corrected chi connectivity index (χ1v) is 8.09. The van der Waals surface area contributed by atoms with Crippen LogP contribution in [-0.2, 0) is 11.2 Å². The summed E-state index contributed by atoms with van der Waals surface area (Å²) in [6, 6.07) is 12.2. The molecule has 2 heterocycles. The quantitative estimate of drug-likeness (QED) is 0.725. The van der Waals surface area contributed by atoms with Gasteiger partial charge in [-0.15, -0.1) is 0 Å². The molecular formula is C19H19N3O3. The Balaban J connectivity index is 1.89. The maximum Gasteiger partial charge on any atom is 0.337 e. The van der Waals surface area contributed by atoms with Gasteiger partial charge in [0.05, 0.1) is 18.4 Å². The molecule has 0 saturated heterocycles. The number of carbonyl (C=O) groups excluding carboxylic acids is 2. The number of aryl methyl sites for hydroxylation is 1. The fraction of sp³-hybridized carbons (Fsp3) is 0.211. The third-order valence-corrected chi connectivity index (χ3v) is 3.87. The highest BCUT2D eigenvalue weighted by molar-refractivity contribution is 6.04. The van der Waals surface area contributed by atoms with Gasteiger partial charge in [0.1, 0.15) is 11.3 Å². The van der Waals surface area contributed by atoms with Crippen LogP contribution in [0.1, 0.15) is 39.9 Å². The second kappa shape index (κ2) is 7.17. The molecule has 0 spiro atoms. The molecule has 0 fully saturated rings. The predicted molar refractivity (Wildman–Crippen MR) is 94.9 cm³/mol. The van der Waals surface area contributed by atoms with Crippen molar-refractivity contribution >= 4 is 23.2 Å². The Labute approximate surface area is 145 Å². The highest BCUT2D eigenvalue weighted by Crippen LogP contribution is 2.17. The Hall–Kier alpha value is -3.15. The van der Waals surface area contributed by atoms with E-state index < -0.39 is 5.97 Å². The maximum atomic E-state index is 12.8. The number of carbonyl (C=O) groups is 2. The first-order valence-electron chi connectivity index (χ1n) is 8.09. The van der Waals surface area contributed by atoms with Crippen molar-refractivity contribution in [3.63, 3.8) is 0 Å². The van der Waals surface area contributed by atoms with Gasteiger partial charge in [-0.25, -0.2) is 9.78 Å². The molecule has 128 valence electrons. The van der Waals surface area contributed by atoms with Crippen LogP contribution >= 0.6 is 0 Å². The van der Waals surface area contributed by atoms with Crippen molar-refractivity contribution in [1.29, 1.82) is 0 Å². The summed E-state index contributed by atoms with van der Waals surface area (Å²) in [6.45, 7) is 2.05. The van der Waals surface area contributed by atoms with Gasteiger partial charge < -0.3 is 10.1 Å². The van der Waals surface area contributed by atoms with Crippen molar-refractivity contribution in [3.05, 3.63) is 65.6 Å². The number of pyridine rings is 1. The number of nitrogens with one attached hydrogen (secondary N) is 1. The van der Waals surface area contributed by atoms with Gasteiger partial charge >= 0.3 is 5.97 Å². The molecule has 1 amide bonds. The van der Waals surface area contributed by atoms with Crippen molar-refractivity contribution in [2.75, 3.05) is 12.4 Å². The maximum absolute atomic E-state index is 12.8. The number of fused-ring (bicyclic) bond motifs is 1. The van der Waals surface area contributed by atoms with Gasteiger partial charge in [0.2, 0.25) is 0 Å². The molecule has 0 radical (unpaired) electrons. The Morgan fingerprint density at radius 1 is 1.16 bits per heavy atom. The molecule has 0 aliphatic carbocycles. The summed E-state index contributed by atoms with van der Waals surface area (Å²) < 4.78 is 6.46. The van der Waals surface area contributed by atoms with E-state index in [0.717, 1.165) is 24.2 Å². The van der Waals surface area contributed by atoms with Gasteiger partial charge in [-0.05, 0) is 42.8 Å². The summed E-state index contributed by atoms with van der Waals surface area (Å²) in [6.07, 6.45) is 3.46. The number of ether oxygens (including phenoxy) is 1. The van der Waals surface area contributed by atoms with Crippen molar-refractivity contribution in [2.24, 2.45) is 0 Å². The number of rotatable bonds is 5. The van der Waals surface area contributed by atoms with Gasteiger partial charge in [-0.3, -0.25) is 9.20 Å². The van der Waals surface area contributed by atoms with Crippen LogP contribution in [0.25, 0.3) is 5.65 Å². The van der Waals surface area contributed by atoms with Crippen LogP contribution in [0, 0.1) is 0 Å². The molecule has 0 atom stereocenters. The number of aromatic nitrogens is 2. The second-order valence-electron chi connectivity index (χ2n) is 5.61. The first-order chi connectivity index (χ1) is 12.1. The topological polar surface area (TPSA) is 72.7 Å². The van der Waals surface area contributed by atoms with Gasteiger partial charge in [-0.2, -0.15) is 0 Å². The second-order valence-corrected chi connectivity index (χ2v) is 5.61. The van der Waals surface area contributed by atoms with Crippen molar-refractivity contribution in [1.82, 2.24) is 9.38 Å². The zero-order valence-electron chi connectivity index (χ0n) is 14.2. The van der Waals surface area contributed by atoms with E-state index in [2.05, 4.69) is 22.0 Å². The lowest BCUT2D eigenvalue weighted by molar-refractivity contribution is 0.0600. The average Bonchev–Trinajstić information content (AvgIpc) is 3.00. The van der Waals surface area contributed by atoms with Gasteiger partial charge in [0.15, 0.2) is 0 Å². The number of hydrogen-bond acceptors (Lipinski definition) is 4. The number of methoxy groups -OCH3 is 1. The summed E-state index contributed by atoms with van der Waals surface area (Å²) in [4.78, 5) is 28.8. The Kier molecular flexibility index (Phi) is 4.79. The monoisotopic (exact) mass is 337 g/mol. The number of imidazole rings is 1. The fourth-order valence-corrected chi connectivity index (χ4v) is 2.69. The minimum Gasteiger partial charge on any atom is -0.465 e. The van der Waals surface area contributed by atoms with Gasteiger partial charge in [0, 0.05) is 11.9 Å². The Bertz CT molecular complexity index is 913. The van der Waals surface area contributed by atoms with Crippen LogP contribution in [0.2, 0.25) is 0 Å². The van der Waals surface area contributed by atoms with E-state index in [4.69, 9.17) is 0 Å². The zero-order valence-corrected chi connectivity index (χ0v) is 14.2. The SMILES string of the molecule is CCCc1nc2ccccn2c1C(=O)Nc1ccc(C(=O)OC)cc1. The number of anilines is 1. The Morgan fingerprint density at radius 2 is 1.92 bits per heavy atom. The van der Waals surface area contributed by atoms with Crippen LogP contribution in [0.5, 0.6) is 0 Å². The molecule has 3 aromatic rings. The summed E-state index contributed by atoms with van der Waals surface area (Å²) in [5, 5.41) is 2.87. The molecule has 25 heavy (non-hydrogen) atoms. The van der Waals surface area contributed by atoms with Gasteiger partial charge in [-0.1, -0.05) is 19.4 Å². The van der Waals surface area contributed by atoms with E-state index in [0.29, 0.717) is 16.9 Å².